The number of fused-ring (bicyclic) bond motifs is 1. The van der Waals surface area contributed by atoms with E-state index in [0.717, 1.165) is 0 Å². The summed E-state index contributed by atoms with van der Waals surface area (Å²) in [6, 6.07) is -0.276. The van der Waals surface area contributed by atoms with Crippen molar-refractivity contribution in [1.82, 2.24) is 19.7 Å². The summed E-state index contributed by atoms with van der Waals surface area (Å²) in [5.41, 5.74) is 6.33. The molecular formula is C11H15N5O2. The summed E-state index contributed by atoms with van der Waals surface area (Å²) in [6.07, 6.45) is 2.06. The monoisotopic (exact) mass is 249 g/mol. The lowest BCUT2D eigenvalue weighted by Gasteiger charge is -2.17. The summed E-state index contributed by atoms with van der Waals surface area (Å²) in [6.45, 7) is 1.91. The van der Waals surface area contributed by atoms with Crippen LogP contribution in [0.2, 0.25) is 0 Å². The van der Waals surface area contributed by atoms with Gasteiger partial charge >= 0.3 is 0 Å². The van der Waals surface area contributed by atoms with Crippen molar-refractivity contribution in [2.75, 3.05) is 5.73 Å². The Kier molecular flexibility index (Phi) is 2.46. The van der Waals surface area contributed by atoms with E-state index >= 15 is 0 Å². The molecule has 2 aromatic heterocycles. The number of aliphatic hydroxyl groups is 2. The molecule has 3 rings (SSSR count). The number of nitrogen functional groups attached to an aromatic ring is 1. The third-order valence-electron chi connectivity index (χ3n) is 3.68. The highest BCUT2D eigenvalue weighted by Gasteiger charge is 2.41. The Bertz CT molecular complexity index is 584. The first-order valence-corrected chi connectivity index (χ1v) is 5.89. The third kappa shape index (κ3) is 1.48. The minimum absolute atomic E-state index is 0.0310. The van der Waals surface area contributed by atoms with Crippen molar-refractivity contribution in [3.05, 3.63) is 12.5 Å². The van der Waals surface area contributed by atoms with E-state index in [1.165, 1.54) is 6.33 Å². The van der Waals surface area contributed by atoms with E-state index in [2.05, 4.69) is 15.1 Å². The van der Waals surface area contributed by atoms with Gasteiger partial charge in [-0.1, -0.05) is 6.92 Å². The molecule has 0 aromatic carbocycles. The molecule has 2 heterocycles. The van der Waals surface area contributed by atoms with Gasteiger partial charge in [-0.05, 0) is 12.3 Å². The highest BCUT2D eigenvalue weighted by molar-refractivity contribution is 5.84. The number of aromatic nitrogens is 4. The van der Waals surface area contributed by atoms with Crippen molar-refractivity contribution >= 4 is 16.9 Å². The molecule has 0 unspecified atom stereocenters. The molecule has 1 aliphatic rings. The van der Waals surface area contributed by atoms with Crippen LogP contribution >= 0.6 is 0 Å². The third-order valence-corrected chi connectivity index (χ3v) is 3.68. The van der Waals surface area contributed by atoms with Crippen molar-refractivity contribution in [3.8, 4) is 0 Å². The van der Waals surface area contributed by atoms with E-state index in [-0.39, 0.29) is 12.0 Å². The van der Waals surface area contributed by atoms with E-state index in [1.807, 2.05) is 6.92 Å². The molecular weight excluding hydrogens is 234 g/mol. The van der Waals surface area contributed by atoms with E-state index in [9.17, 15) is 10.2 Å². The topological polar surface area (TPSA) is 110 Å². The van der Waals surface area contributed by atoms with Gasteiger partial charge in [0.25, 0.3) is 0 Å². The summed E-state index contributed by atoms with van der Waals surface area (Å²) in [7, 11) is 0. The van der Waals surface area contributed by atoms with Gasteiger partial charge in [0, 0.05) is 0 Å². The zero-order valence-corrected chi connectivity index (χ0v) is 9.93. The number of anilines is 1. The van der Waals surface area contributed by atoms with Crippen LogP contribution in [0.5, 0.6) is 0 Å². The lowest BCUT2D eigenvalue weighted by atomic mass is 10.1. The standard InChI is InChI=1S/C11H15N5O2/c1-5-2-7(9(18)8(5)17)16-11-6(3-15-16)10(12)13-4-14-11/h3-5,7-9,17-18H,2H2,1H3,(H2,12,13,14)/t5-,7+,8+,9-/m0/s1. The van der Waals surface area contributed by atoms with Crippen molar-refractivity contribution < 1.29 is 10.2 Å². The van der Waals surface area contributed by atoms with Crippen LogP contribution in [-0.2, 0) is 0 Å². The van der Waals surface area contributed by atoms with Crippen molar-refractivity contribution in [1.29, 1.82) is 0 Å². The minimum atomic E-state index is -0.834. The summed E-state index contributed by atoms with van der Waals surface area (Å²) in [5, 5.41) is 24.7. The minimum Gasteiger partial charge on any atom is -0.390 e. The van der Waals surface area contributed by atoms with Crippen LogP contribution < -0.4 is 5.73 Å². The van der Waals surface area contributed by atoms with Gasteiger partial charge in [0.2, 0.25) is 0 Å². The molecule has 0 aliphatic heterocycles. The molecule has 0 bridgehead atoms. The first-order chi connectivity index (χ1) is 8.59. The largest absolute Gasteiger partial charge is 0.390 e. The number of aliphatic hydroxyl groups excluding tert-OH is 2. The normalized spacial score (nSPS) is 32.2. The quantitative estimate of drug-likeness (QED) is 0.640. The van der Waals surface area contributed by atoms with Crippen LogP contribution in [0.15, 0.2) is 12.5 Å². The Morgan fingerprint density at radius 3 is 2.78 bits per heavy atom. The predicted molar refractivity (Wildman–Crippen MR) is 64.6 cm³/mol. The van der Waals surface area contributed by atoms with Crippen LogP contribution in [0, 0.1) is 5.92 Å². The van der Waals surface area contributed by atoms with E-state index in [0.29, 0.717) is 23.3 Å². The van der Waals surface area contributed by atoms with Gasteiger partial charge in [0.1, 0.15) is 18.2 Å². The first kappa shape index (κ1) is 11.4. The SMILES string of the molecule is C[C@H]1C[C@@H](n2ncc3c(N)ncnc32)[C@H](O)[C@@H]1O. The second-order valence-corrected chi connectivity index (χ2v) is 4.85. The number of nitrogens with two attached hydrogens (primary N) is 1. The van der Waals surface area contributed by atoms with Gasteiger partial charge in [-0.3, -0.25) is 0 Å². The summed E-state index contributed by atoms with van der Waals surface area (Å²) in [4.78, 5) is 8.05. The van der Waals surface area contributed by atoms with Crippen LogP contribution in [-0.4, -0.2) is 42.2 Å². The lowest BCUT2D eigenvalue weighted by Crippen LogP contribution is -2.29. The lowest BCUT2D eigenvalue weighted by molar-refractivity contribution is 0.00795. The molecule has 1 aliphatic carbocycles. The molecule has 0 amide bonds. The van der Waals surface area contributed by atoms with Gasteiger partial charge in [-0.2, -0.15) is 5.10 Å². The fourth-order valence-corrected chi connectivity index (χ4v) is 2.59. The van der Waals surface area contributed by atoms with Crippen molar-refractivity contribution in [2.24, 2.45) is 5.92 Å². The van der Waals surface area contributed by atoms with Gasteiger partial charge in [0.05, 0.1) is 23.7 Å². The van der Waals surface area contributed by atoms with Crippen molar-refractivity contribution in [3.63, 3.8) is 0 Å². The van der Waals surface area contributed by atoms with Gasteiger partial charge in [-0.15, -0.1) is 0 Å². The summed E-state index contributed by atoms with van der Waals surface area (Å²) in [5.74, 6) is 0.399. The molecule has 7 heteroatoms. The zero-order valence-electron chi connectivity index (χ0n) is 9.93. The number of rotatable bonds is 1. The molecule has 96 valence electrons. The molecule has 4 atom stereocenters. The van der Waals surface area contributed by atoms with E-state index in [1.54, 1.807) is 10.9 Å². The maximum atomic E-state index is 10.0. The molecule has 0 spiro atoms. The summed E-state index contributed by atoms with van der Waals surface area (Å²) >= 11 is 0. The summed E-state index contributed by atoms with van der Waals surface area (Å²) < 4.78 is 1.63. The molecule has 7 nitrogen and oxygen atoms in total. The molecule has 0 radical (unpaired) electrons. The van der Waals surface area contributed by atoms with Crippen LogP contribution in [0.25, 0.3) is 11.0 Å². The van der Waals surface area contributed by atoms with Crippen molar-refractivity contribution in [2.45, 2.75) is 31.6 Å². The average Bonchev–Trinajstić information content (AvgIpc) is 2.88. The Balaban J connectivity index is 2.08. The fraction of sp³-hybridized carbons (Fsp3) is 0.545. The fourth-order valence-electron chi connectivity index (χ4n) is 2.59. The Labute approximate surface area is 103 Å². The molecule has 18 heavy (non-hydrogen) atoms. The maximum Gasteiger partial charge on any atom is 0.163 e. The number of nitrogens with zero attached hydrogens (tertiary/aromatic N) is 4. The second kappa shape index (κ2) is 3.89. The predicted octanol–water partition coefficient (Wildman–Crippen LogP) is -0.289. The number of hydrogen-bond donors (Lipinski definition) is 3. The maximum absolute atomic E-state index is 10.0. The van der Waals surface area contributed by atoms with Crippen LogP contribution in [0.1, 0.15) is 19.4 Å². The highest BCUT2D eigenvalue weighted by atomic mass is 16.3. The molecule has 2 aromatic rings. The molecule has 1 fully saturated rings. The molecule has 4 N–H and O–H groups in total. The Hall–Kier alpha value is -1.73. The Morgan fingerprint density at radius 1 is 1.33 bits per heavy atom. The van der Waals surface area contributed by atoms with Gasteiger partial charge < -0.3 is 15.9 Å². The molecule has 0 saturated heterocycles. The molecule has 1 saturated carbocycles. The van der Waals surface area contributed by atoms with E-state index < -0.39 is 12.2 Å². The first-order valence-electron chi connectivity index (χ1n) is 5.89. The van der Waals surface area contributed by atoms with Gasteiger partial charge in [-0.25, -0.2) is 14.6 Å². The smallest absolute Gasteiger partial charge is 0.163 e. The average molecular weight is 249 g/mol. The van der Waals surface area contributed by atoms with Crippen LogP contribution in [0.3, 0.4) is 0 Å². The van der Waals surface area contributed by atoms with Crippen LogP contribution in [0.4, 0.5) is 5.82 Å². The second-order valence-electron chi connectivity index (χ2n) is 4.85. The number of hydrogen-bond acceptors (Lipinski definition) is 6. The van der Waals surface area contributed by atoms with Gasteiger partial charge in [0.15, 0.2) is 5.65 Å². The Morgan fingerprint density at radius 2 is 2.11 bits per heavy atom. The van der Waals surface area contributed by atoms with E-state index in [4.69, 9.17) is 5.73 Å². The highest BCUT2D eigenvalue weighted by Crippen LogP contribution is 2.36. The zero-order chi connectivity index (χ0) is 12.9.